The third-order valence-electron chi connectivity index (χ3n) is 10.2. The van der Waals surface area contributed by atoms with E-state index in [0.717, 1.165) is 69.6 Å². The number of amides is 1. The lowest BCUT2D eigenvalue weighted by Gasteiger charge is -2.56. The molecule has 1 amide bonds. The molecule has 2 aliphatic carbocycles. The molecule has 7 rings (SSSR count). The minimum atomic E-state index is -0.504. The molecule has 1 atom stereocenters. The van der Waals surface area contributed by atoms with Crippen molar-refractivity contribution in [2.24, 2.45) is 17.3 Å². The highest BCUT2D eigenvalue weighted by atomic mass is 35.5. The van der Waals surface area contributed by atoms with Gasteiger partial charge in [-0.1, -0.05) is 19.0 Å². The maximum atomic E-state index is 14.6. The number of nitrogens with zero attached hydrogens (tertiary/aromatic N) is 6. The third-order valence-corrected chi connectivity index (χ3v) is 10.3. The highest BCUT2D eigenvalue weighted by Crippen LogP contribution is 2.50. The van der Waals surface area contributed by atoms with Gasteiger partial charge >= 0.3 is 6.09 Å². The molecule has 258 valence electrons. The molecule has 2 saturated heterocycles. The molecule has 13 heteroatoms. The summed E-state index contributed by atoms with van der Waals surface area (Å²) in [5, 5.41) is 15.6. The van der Waals surface area contributed by atoms with Crippen LogP contribution in [0.5, 0.6) is 11.6 Å². The summed E-state index contributed by atoms with van der Waals surface area (Å²) >= 11 is 6.29. The van der Waals surface area contributed by atoms with Gasteiger partial charge in [-0.15, -0.1) is 10.2 Å². The first-order valence-electron chi connectivity index (χ1n) is 17.1. The second-order valence-electron chi connectivity index (χ2n) is 15.6. The summed E-state index contributed by atoms with van der Waals surface area (Å²) in [6.07, 6.45) is 4.63. The number of halogens is 2. The van der Waals surface area contributed by atoms with Gasteiger partial charge in [0.25, 0.3) is 5.88 Å². The molecule has 0 bridgehead atoms. The molecule has 1 N–H and O–H groups in total. The number of hydrogen-bond donors (Lipinski definition) is 1. The van der Waals surface area contributed by atoms with Crippen molar-refractivity contribution in [3.05, 3.63) is 40.8 Å². The summed E-state index contributed by atoms with van der Waals surface area (Å²) in [6.45, 7) is 15.6. The highest BCUT2D eigenvalue weighted by Gasteiger charge is 2.53. The Morgan fingerprint density at radius 1 is 1.17 bits per heavy atom. The summed E-state index contributed by atoms with van der Waals surface area (Å²) in [7, 11) is 0. The van der Waals surface area contributed by atoms with Crippen LogP contribution in [-0.2, 0) is 4.74 Å². The average Bonchev–Trinajstić information content (AvgIpc) is 3.59. The number of ether oxygens (including phenoxy) is 2. The van der Waals surface area contributed by atoms with Crippen LogP contribution < -0.4 is 15.0 Å². The Balaban J connectivity index is 1.03. The van der Waals surface area contributed by atoms with E-state index >= 15 is 0 Å². The van der Waals surface area contributed by atoms with Crippen LogP contribution >= 0.6 is 11.6 Å². The number of aryl methyl sites for hydroxylation is 1. The van der Waals surface area contributed by atoms with E-state index in [1.807, 2.05) is 27.7 Å². The molecule has 1 aromatic carbocycles. The van der Waals surface area contributed by atoms with Crippen molar-refractivity contribution in [1.29, 1.82) is 0 Å². The second-order valence-corrected chi connectivity index (χ2v) is 16.0. The van der Waals surface area contributed by atoms with Gasteiger partial charge in [0.2, 0.25) is 5.28 Å². The van der Waals surface area contributed by atoms with Gasteiger partial charge in [-0.25, -0.2) is 9.18 Å². The SMILES string of the molecule is Cc1noc(C2CC2)c1-c1cc(F)ccc1Oc1nnc(Cl)nc1N1CCC2(C1)CN([C@H](C(C)C)C1CC(NC(=O)OC(C)(C)C)C1)C2. The Hall–Kier alpha value is -3.51. The van der Waals surface area contributed by atoms with E-state index in [9.17, 15) is 9.18 Å². The summed E-state index contributed by atoms with van der Waals surface area (Å²) in [5.74, 6) is 2.86. The van der Waals surface area contributed by atoms with Gasteiger partial charge in [0.05, 0.1) is 11.3 Å². The largest absolute Gasteiger partial charge is 0.444 e. The topological polar surface area (TPSA) is 119 Å². The van der Waals surface area contributed by atoms with Gasteiger partial charge in [-0.05, 0) is 101 Å². The van der Waals surface area contributed by atoms with E-state index < -0.39 is 5.60 Å². The molecule has 1 spiro atoms. The smallest absolute Gasteiger partial charge is 0.407 e. The minimum absolute atomic E-state index is 0.0400. The highest BCUT2D eigenvalue weighted by molar-refractivity contribution is 6.28. The van der Waals surface area contributed by atoms with Crippen LogP contribution in [0.1, 0.15) is 84.1 Å². The maximum Gasteiger partial charge on any atom is 0.407 e. The van der Waals surface area contributed by atoms with Gasteiger partial charge in [0, 0.05) is 55.2 Å². The molecular formula is C35H45ClFN7O4. The van der Waals surface area contributed by atoms with Crippen molar-refractivity contribution in [3.8, 4) is 22.8 Å². The minimum Gasteiger partial charge on any atom is -0.444 e. The van der Waals surface area contributed by atoms with Crippen LogP contribution in [0.15, 0.2) is 22.7 Å². The summed E-state index contributed by atoms with van der Waals surface area (Å²) < 4.78 is 32.1. The Bertz CT molecular complexity index is 1680. The van der Waals surface area contributed by atoms with E-state index in [0.29, 0.717) is 40.7 Å². The van der Waals surface area contributed by atoms with Gasteiger partial charge in [-0.2, -0.15) is 4.98 Å². The van der Waals surface area contributed by atoms with Crippen LogP contribution in [0.25, 0.3) is 11.1 Å². The summed E-state index contributed by atoms with van der Waals surface area (Å²) in [4.78, 5) is 21.7. The van der Waals surface area contributed by atoms with Crippen LogP contribution in [0.3, 0.4) is 0 Å². The fourth-order valence-electron chi connectivity index (χ4n) is 7.99. The Morgan fingerprint density at radius 3 is 2.60 bits per heavy atom. The van der Waals surface area contributed by atoms with Crippen molar-refractivity contribution < 1.29 is 23.2 Å². The number of carbonyl (C=O) groups is 1. The zero-order chi connectivity index (χ0) is 34.0. The molecule has 4 aliphatic rings. The van der Waals surface area contributed by atoms with Crippen molar-refractivity contribution >= 4 is 23.5 Å². The van der Waals surface area contributed by atoms with Gasteiger partial charge in [-0.3, -0.25) is 4.90 Å². The fraction of sp³-hybridized carbons (Fsp3) is 0.629. The van der Waals surface area contributed by atoms with Crippen LogP contribution in [-0.4, -0.2) is 75.2 Å². The molecule has 0 radical (unpaired) electrons. The van der Waals surface area contributed by atoms with E-state index in [2.05, 4.69) is 49.3 Å². The number of alkyl carbamates (subject to hydrolysis) is 1. The van der Waals surface area contributed by atoms with Gasteiger partial charge in [0.15, 0.2) is 5.82 Å². The molecule has 2 aromatic heterocycles. The lowest BCUT2D eigenvalue weighted by atomic mass is 9.68. The predicted molar refractivity (Wildman–Crippen MR) is 179 cm³/mol. The number of anilines is 1. The lowest BCUT2D eigenvalue weighted by Crippen LogP contribution is -2.65. The Morgan fingerprint density at radius 2 is 1.92 bits per heavy atom. The summed E-state index contributed by atoms with van der Waals surface area (Å²) in [5.41, 5.74) is 1.62. The molecule has 4 fully saturated rings. The predicted octanol–water partition coefficient (Wildman–Crippen LogP) is 7.14. The van der Waals surface area contributed by atoms with Crippen molar-refractivity contribution in [2.75, 3.05) is 31.1 Å². The Kier molecular flexibility index (Phi) is 8.55. The second kappa shape index (κ2) is 12.4. The number of nitrogens with one attached hydrogen (secondary N) is 1. The Labute approximate surface area is 285 Å². The third kappa shape index (κ3) is 6.70. The van der Waals surface area contributed by atoms with E-state index in [1.165, 1.54) is 12.1 Å². The van der Waals surface area contributed by atoms with E-state index in [-0.39, 0.29) is 40.4 Å². The molecule has 4 heterocycles. The molecule has 0 unspecified atom stereocenters. The number of hydrogen-bond acceptors (Lipinski definition) is 10. The monoisotopic (exact) mass is 681 g/mol. The standard InChI is InChI=1S/C35H45ClFN7O4/c1-19(2)28(22-13-24(14-22)38-33(45)47-34(4,5)6)44-17-35(18-44)11-12-43(16-35)30-31(40-41-32(36)39-30)46-26-10-9-23(37)15-25(26)27-20(3)42-48-29(27)21-7-8-21/h9-10,15,19,21-22,24,28H,7-8,11-14,16-18H2,1-6H3,(H,38,45)/t22?,24?,28-/m1/s1. The summed E-state index contributed by atoms with van der Waals surface area (Å²) in [6, 6.07) is 5.03. The van der Waals surface area contributed by atoms with Crippen LogP contribution in [0.4, 0.5) is 15.0 Å². The zero-order valence-corrected chi connectivity index (χ0v) is 29.3. The first-order valence-corrected chi connectivity index (χ1v) is 17.5. The quantitative estimate of drug-likeness (QED) is 0.250. The van der Waals surface area contributed by atoms with Gasteiger partial charge in [0.1, 0.15) is 22.9 Å². The van der Waals surface area contributed by atoms with E-state index in [1.54, 1.807) is 6.07 Å². The first-order chi connectivity index (χ1) is 22.8. The molecule has 48 heavy (non-hydrogen) atoms. The van der Waals surface area contributed by atoms with Crippen molar-refractivity contribution in [3.63, 3.8) is 0 Å². The zero-order valence-electron chi connectivity index (χ0n) is 28.6. The van der Waals surface area contributed by atoms with Crippen molar-refractivity contribution in [2.45, 2.75) is 97.2 Å². The maximum absolute atomic E-state index is 14.6. The number of benzene rings is 1. The number of likely N-dealkylation sites (tertiary alicyclic amines) is 1. The van der Waals surface area contributed by atoms with E-state index in [4.69, 9.17) is 25.6 Å². The molecule has 3 aromatic rings. The average molecular weight is 682 g/mol. The molecular weight excluding hydrogens is 637 g/mol. The van der Waals surface area contributed by atoms with Crippen molar-refractivity contribution in [1.82, 2.24) is 30.6 Å². The molecule has 11 nitrogen and oxygen atoms in total. The van der Waals surface area contributed by atoms with Gasteiger partial charge < -0.3 is 24.2 Å². The number of carbonyl (C=O) groups excluding carboxylic acids is 1. The fourth-order valence-corrected chi connectivity index (χ4v) is 8.11. The number of rotatable bonds is 9. The number of aromatic nitrogens is 4. The van der Waals surface area contributed by atoms with Crippen LogP contribution in [0, 0.1) is 30.0 Å². The first kappa shape index (κ1) is 33.0. The van der Waals surface area contributed by atoms with Crippen LogP contribution in [0.2, 0.25) is 5.28 Å². The normalized spacial score (nSPS) is 22.8. The molecule has 2 saturated carbocycles. The molecule has 2 aliphatic heterocycles. The lowest BCUT2D eigenvalue weighted by molar-refractivity contribution is -0.0691.